The zero-order valence-corrected chi connectivity index (χ0v) is 14.9. The first-order valence-electron chi connectivity index (χ1n) is 8.23. The van der Waals surface area contributed by atoms with Crippen LogP contribution in [-0.4, -0.2) is 34.1 Å². The van der Waals surface area contributed by atoms with Gasteiger partial charge in [0, 0.05) is 49.1 Å². The lowest BCUT2D eigenvalue weighted by molar-refractivity contribution is 0.418. The van der Waals surface area contributed by atoms with Crippen LogP contribution >= 0.6 is 11.3 Å². The SMILES string of the molecule is CC(C)(C)c1cnc(CN[C@@H]2CCCN(c3ncccn3)C2)s1. The van der Waals surface area contributed by atoms with Crippen LogP contribution in [0.4, 0.5) is 5.95 Å². The average Bonchev–Trinajstić information content (AvgIpc) is 3.03. The third-order valence-electron chi connectivity index (χ3n) is 4.09. The van der Waals surface area contributed by atoms with E-state index in [9.17, 15) is 0 Å². The van der Waals surface area contributed by atoms with E-state index in [0.29, 0.717) is 6.04 Å². The third kappa shape index (κ3) is 4.26. The van der Waals surface area contributed by atoms with Gasteiger partial charge < -0.3 is 10.2 Å². The van der Waals surface area contributed by atoms with Crippen molar-refractivity contribution in [3.05, 3.63) is 34.5 Å². The summed E-state index contributed by atoms with van der Waals surface area (Å²) in [4.78, 5) is 16.9. The van der Waals surface area contributed by atoms with Gasteiger partial charge in [-0.05, 0) is 24.3 Å². The van der Waals surface area contributed by atoms with Crippen LogP contribution in [-0.2, 0) is 12.0 Å². The van der Waals surface area contributed by atoms with Gasteiger partial charge in [0.25, 0.3) is 0 Å². The molecule has 23 heavy (non-hydrogen) atoms. The van der Waals surface area contributed by atoms with Gasteiger partial charge in [-0.3, -0.25) is 0 Å². The van der Waals surface area contributed by atoms with E-state index in [4.69, 9.17) is 0 Å². The van der Waals surface area contributed by atoms with Crippen molar-refractivity contribution in [1.29, 1.82) is 0 Å². The topological polar surface area (TPSA) is 53.9 Å². The van der Waals surface area contributed by atoms with E-state index in [-0.39, 0.29) is 5.41 Å². The number of rotatable bonds is 4. The van der Waals surface area contributed by atoms with E-state index in [1.165, 1.54) is 22.7 Å². The minimum atomic E-state index is 0.183. The fraction of sp³-hybridized carbons (Fsp3) is 0.588. The Hall–Kier alpha value is -1.53. The van der Waals surface area contributed by atoms with Crippen molar-refractivity contribution < 1.29 is 0 Å². The molecule has 3 heterocycles. The van der Waals surface area contributed by atoms with E-state index in [2.05, 4.69) is 45.9 Å². The molecule has 0 aromatic carbocycles. The molecule has 1 N–H and O–H groups in total. The first-order valence-corrected chi connectivity index (χ1v) is 9.04. The second kappa shape index (κ2) is 6.93. The molecule has 6 heteroatoms. The van der Waals surface area contributed by atoms with Crippen molar-refractivity contribution >= 4 is 17.3 Å². The van der Waals surface area contributed by atoms with Crippen LogP contribution in [0.3, 0.4) is 0 Å². The van der Waals surface area contributed by atoms with Crippen molar-refractivity contribution in [1.82, 2.24) is 20.3 Å². The van der Waals surface area contributed by atoms with Gasteiger partial charge >= 0.3 is 0 Å². The normalized spacial score (nSPS) is 19.1. The summed E-state index contributed by atoms with van der Waals surface area (Å²) in [6.45, 7) is 9.54. The minimum Gasteiger partial charge on any atom is -0.339 e. The maximum Gasteiger partial charge on any atom is 0.225 e. The zero-order chi connectivity index (χ0) is 16.3. The number of anilines is 1. The molecule has 1 aliphatic heterocycles. The molecule has 2 aromatic rings. The lowest BCUT2D eigenvalue weighted by Gasteiger charge is -2.33. The quantitative estimate of drug-likeness (QED) is 0.933. The van der Waals surface area contributed by atoms with Crippen LogP contribution in [0.2, 0.25) is 0 Å². The predicted octanol–water partition coefficient (Wildman–Crippen LogP) is 2.99. The Balaban J connectivity index is 1.55. The molecule has 0 spiro atoms. The Morgan fingerprint density at radius 1 is 1.26 bits per heavy atom. The Morgan fingerprint density at radius 2 is 2.04 bits per heavy atom. The first-order chi connectivity index (χ1) is 11.0. The molecule has 3 rings (SSSR count). The van der Waals surface area contributed by atoms with E-state index in [1.54, 1.807) is 0 Å². The molecule has 1 saturated heterocycles. The van der Waals surface area contributed by atoms with E-state index >= 15 is 0 Å². The maximum absolute atomic E-state index is 4.56. The highest BCUT2D eigenvalue weighted by atomic mass is 32.1. The fourth-order valence-electron chi connectivity index (χ4n) is 2.75. The molecule has 2 aromatic heterocycles. The van der Waals surface area contributed by atoms with Crippen LogP contribution in [0.15, 0.2) is 24.7 Å². The molecule has 0 aliphatic carbocycles. The molecular weight excluding hydrogens is 306 g/mol. The van der Waals surface area contributed by atoms with E-state index in [0.717, 1.165) is 25.6 Å². The molecule has 1 aliphatic rings. The number of nitrogens with one attached hydrogen (secondary N) is 1. The summed E-state index contributed by atoms with van der Waals surface area (Å²) in [5, 5.41) is 4.82. The highest BCUT2D eigenvalue weighted by molar-refractivity contribution is 7.11. The zero-order valence-electron chi connectivity index (χ0n) is 14.1. The van der Waals surface area contributed by atoms with Gasteiger partial charge in [0.05, 0.1) is 0 Å². The van der Waals surface area contributed by atoms with E-state index < -0.39 is 0 Å². The summed E-state index contributed by atoms with van der Waals surface area (Å²) in [5.41, 5.74) is 0.183. The van der Waals surface area contributed by atoms with Crippen LogP contribution in [0.5, 0.6) is 0 Å². The van der Waals surface area contributed by atoms with Crippen LogP contribution < -0.4 is 10.2 Å². The summed E-state index contributed by atoms with van der Waals surface area (Å²) in [6, 6.07) is 2.33. The molecule has 0 amide bonds. The number of nitrogens with zero attached hydrogens (tertiary/aromatic N) is 4. The molecule has 0 saturated carbocycles. The largest absolute Gasteiger partial charge is 0.339 e. The number of thiazole rings is 1. The van der Waals surface area contributed by atoms with Crippen LogP contribution in [0, 0.1) is 0 Å². The van der Waals surface area contributed by atoms with E-state index in [1.807, 2.05) is 36.0 Å². The molecule has 0 bridgehead atoms. The predicted molar refractivity (Wildman–Crippen MR) is 94.9 cm³/mol. The Labute approximate surface area is 142 Å². The van der Waals surface area contributed by atoms with Crippen molar-refractivity contribution in [3.8, 4) is 0 Å². The summed E-state index contributed by atoms with van der Waals surface area (Å²) in [6.07, 6.45) is 8.00. The Morgan fingerprint density at radius 3 is 2.74 bits per heavy atom. The van der Waals surface area contributed by atoms with Crippen molar-refractivity contribution in [2.24, 2.45) is 0 Å². The van der Waals surface area contributed by atoms with Gasteiger partial charge in [-0.1, -0.05) is 20.8 Å². The summed E-state index contributed by atoms with van der Waals surface area (Å²) < 4.78 is 0. The number of hydrogen-bond donors (Lipinski definition) is 1. The molecular formula is C17H25N5S. The fourth-order valence-corrected chi connectivity index (χ4v) is 3.68. The molecule has 0 unspecified atom stereocenters. The van der Waals surface area contributed by atoms with Gasteiger partial charge in [0.15, 0.2) is 0 Å². The summed E-state index contributed by atoms with van der Waals surface area (Å²) >= 11 is 1.81. The molecule has 0 radical (unpaired) electrons. The van der Waals surface area contributed by atoms with Gasteiger partial charge in [0.2, 0.25) is 5.95 Å². The molecule has 124 valence electrons. The van der Waals surface area contributed by atoms with Gasteiger partial charge in [-0.25, -0.2) is 15.0 Å². The molecule has 1 fully saturated rings. The summed E-state index contributed by atoms with van der Waals surface area (Å²) in [5.74, 6) is 0.836. The van der Waals surface area contributed by atoms with Gasteiger partial charge in [0.1, 0.15) is 5.01 Å². The Bertz CT molecular complexity index is 619. The van der Waals surface area contributed by atoms with Gasteiger partial charge in [-0.15, -0.1) is 11.3 Å². The second-order valence-corrected chi connectivity index (χ2v) is 8.20. The number of aromatic nitrogens is 3. The van der Waals surface area contributed by atoms with Crippen molar-refractivity contribution in [3.63, 3.8) is 0 Å². The highest BCUT2D eigenvalue weighted by Gasteiger charge is 2.22. The molecule has 5 nitrogen and oxygen atoms in total. The lowest BCUT2D eigenvalue weighted by Crippen LogP contribution is -2.46. The van der Waals surface area contributed by atoms with Crippen LogP contribution in [0.1, 0.15) is 43.5 Å². The van der Waals surface area contributed by atoms with Crippen LogP contribution in [0.25, 0.3) is 0 Å². The number of hydrogen-bond acceptors (Lipinski definition) is 6. The van der Waals surface area contributed by atoms with Crippen molar-refractivity contribution in [2.45, 2.75) is 51.6 Å². The highest BCUT2D eigenvalue weighted by Crippen LogP contribution is 2.27. The second-order valence-electron chi connectivity index (χ2n) is 7.08. The maximum atomic E-state index is 4.56. The smallest absolute Gasteiger partial charge is 0.225 e. The van der Waals surface area contributed by atoms with Crippen molar-refractivity contribution in [2.75, 3.05) is 18.0 Å². The third-order valence-corrected chi connectivity index (χ3v) is 5.51. The lowest BCUT2D eigenvalue weighted by atomic mass is 9.96. The minimum absolute atomic E-state index is 0.183. The monoisotopic (exact) mass is 331 g/mol. The average molecular weight is 331 g/mol. The first kappa shape index (κ1) is 16.3. The standard InChI is InChI=1S/C17H25N5S/c1-17(2,3)14-10-21-15(23-14)11-20-13-6-4-9-22(12-13)16-18-7-5-8-19-16/h5,7-8,10,13,20H,4,6,9,11-12H2,1-3H3/t13-/m1/s1. The summed E-state index contributed by atoms with van der Waals surface area (Å²) in [7, 11) is 0. The number of piperidine rings is 1. The molecule has 1 atom stereocenters. The Kier molecular flexibility index (Phi) is 4.92. The van der Waals surface area contributed by atoms with Gasteiger partial charge in [-0.2, -0.15) is 0 Å².